The Morgan fingerprint density at radius 1 is 1.00 bits per heavy atom. The van der Waals surface area contributed by atoms with Crippen molar-refractivity contribution in [3.8, 4) is 0 Å². The number of carbonyl (C=O) groups is 2. The van der Waals surface area contributed by atoms with Crippen LogP contribution in [-0.4, -0.2) is 52.5 Å². The number of thiophene rings is 1. The van der Waals surface area contributed by atoms with Gasteiger partial charge in [0, 0.05) is 17.7 Å². The van der Waals surface area contributed by atoms with Crippen molar-refractivity contribution in [2.75, 3.05) is 13.2 Å². The van der Waals surface area contributed by atoms with E-state index in [-0.39, 0.29) is 30.8 Å². The molecule has 2 rings (SSSR count). The second-order valence-corrected chi connectivity index (χ2v) is 10.1. The minimum atomic E-state index is -0.540. The molecule has 0 saturated heterocycles. The highest BCUT2D eigenvalue weighted by Gasteiger charge is 2.40. The Bertz CT molecular complexity index is 688. The molecule has 32 heavy (non-hydrogen) atoms. The molecular formula is C25H40O6S. The molecule has 6 nitrogen and oxygen atoms in total. The van der Waals surface area contributed by atoms with Gasteiger partial charge in [0.25, 0.3) is 0 Å². The number of rotatable bonds is 16. The fraction of sp³-hybridized carbons (Fsp3) is 0.760. The van der Waals surface area contributed by atoms with Gasteiger partial charge in [0.05, 0.1) is 18.8 Å². The SMILES string of the molecule is CCCCCCCC(=O)CC[C@@H]1[C@@H](CCCc2ccc(C(=O)OCCO)s2)[C@@H](O)C[C@H]1O. The lowest BCUT2D eigenvalue weighted by Gasteiger charge is -2.23. The van der Waals surface area contributed by atoms with Gasteiger partial charge in [-0.1, -0.05) is 32.6 Å². The van der Waals surface area contributed by atoms with Gasteiger partial charge < -0.3 is 20.1 Å². The molecule has 0 amide bonds. The summed E-state index contributed by atoms with van der Waals surface area (Å²) in [5.41, 5.74) is 0. The molecule has 1 fully saturated rings. The summed E-state index contributed by atoms with van der Waals surface area (Å²) in [4.78, 5) is 25.7. The van der Waals surface area contributed by atoms with Crippen LogP contribution in [0.15, 0.2) is 12.1 Å². The normalized spacial score (nSPS) is 22.9. The first kappa shape index (κ1) is 27.0. The Morgan fingerprint density at radius 2 is 1.72 bits per heavy atom. The average molecular weight is 469 g/mol. The van der Waals surface area contributed by atoms with Crippen LogP contribution in [0.2, 0.25) is 0 Å². The average Bonchev–Trinajstić information content (AvgIpc) is 3.35. The van der Waals surface area contributed by atoms with Crippen molar-refractivity contribution in [3.05, 3.63) is 21.9 Å². The second kappa shape index (κ2) is 14.8. The number of ether oxygens (including phenoxy) is 1. The van der Waals surface area contributed by atoms with Gasteiger partial charge in [-0.05, 0) is 62.5 Å². The lowest BCUT2D eigenvalue weighted by molar-refractivity contribution is -0.119. The van der Waals surface area contributed by atoms with E-state index in [4.69, 9.17) is 9.84 Å². The lowest BCUT2D eigenvalue weighted by atomic mass is 9.85. The molecule has 0 spiro atoms. The van der Waals surface area contributed by atoms with Gasteiger partial charge in [-0.3, -0.25) is 4.79 Å². The van der Waals surface area contributed by atoms with Gasteiger partial charge in [-0.25, -0.2) is 4.79 Å². The van der Waals surface area contributed by atoms with Gasteiger partial charge in [0.2, 0.25) is 0 Å². The van der Waals surface area contributed by atoms with E-state index < -0.39 is 18.2 Å². The molecule has 1 saturated carbocycles. The van der Waals surface area contributed by atoms with Crippen LogP contribution in [0.5, 0.6) is 0 Å². The van der Waals surface area contributed by atoms with Crippen molar-refractivity contribution in [2.24, 2.45) is 11.8 Å². The van der Waals surface area contributed by atoms with Gasteiger partial charge in [-0.2, -0.15) is 0 Å². The molecule has 4 atom stereocenters. The Balaban J connectivity index is 1.74. The minimum Gasteiger partial charge on any atom is -0.459 e. The fourth-order valence-corrected chi connectivity index (χ4v) is 5.65. The van der Waals surface area contributed by atoms with E-state index in [1.54, 1.807) is 6.07 Å². The van der Waals surface area contributed by atoms with Crippen LogP contribution in [0.4, 0.5) is 0 Å². The summed E-state index contributed by atoms with van der Waals surface area (Å²) < 4.78 is 4.94. The van der Waals surface area contributed by atoms with Crippen LogP contribution in [-0.2, 0) is 16.0 Å². The molecule has 1 aromatic heterocycles. The first-order valence-corrected chi connectivity index (χ1v) is 13.0. The van der Waals surface area contributed by atoms with Crippen molar-refractivity contribution in [1.29, 1.82) is 0 Å². The first-order valence-electron chi connectivity index (χ1n) is 12.2. The number of esters is 1. The molecule has 1 aliphatic carbocycles. The number of hydrogen-bond acceptors (Lipinski definition) is 7. The smallest absolute Gasteiger partial charge is 0.348 e. The quantitative estimate of drug-likeness (QED) is 0.247. The van der Waals surface area contributed by atoms with Crippen molar-refractivity contribution in [1.82, 2.24) is 0 Å². The third-order valence-corrected chi connectivity index (χ3v) is 7.61. The van der Waals surface area contributed by atoms with Gasteiger partial charge >= 0.3 is 5.97 Å². The molecule has 1 heterocycles. The van der Waals surface area contributed by atoms with E-state index >= 15 is 0 Å². The summed E-state index contributed by atoms with van der Waals surface area (Å²) in [6, 6.07) is 3.65. The monoisotopic (exact) mass is 468 g/mol. The minimum absolute atomic E-state index is 0.00326. The predicted molar refractivity (Wildman–Crippen MR) is 126 cm³/mol. The zero-order chi connectivity index (χ0) is 23.3. The van der Waals surface area contributed by atoms with Crippen LogP contribution in [0, 0.1) is 11.8 Å². The van der Waals surface area contributed by atoms with E-state index in [9.17, 15) is 19.8 Å². The predicted octanol–water partition coefficient (Wildman–Crippen LogP) is 4.29. The zero-order valence-corrected chi connectivity index (χ0v) is 20.2. The molecule has 182 valence electrons. The number of aliphatic hydroxyl groups is 3. The third kappa shape index (κ3) is 8.93. The van der Waals surface area contributed by atoms with E-state index in [2.05, 4.69) is 6.92 Å². The molecule has 0 aromatic carbocycles. The summed E-state index contributed by atoms with van der Waals surface area (Å²) in [5, 5.41) is 29.6. The number of ketones is 1. The number of hydrogen-bond donors (Lipinski definition) is 3. The van der Waals surface area contributed by atoms with E-state index in [0.29, 0.717) is 30.6 Å². The number of aryl methyl sites for hydroxylation is 1. The van der Waals surface area contributed by atoms with Crippen molar-refractivity contribution in [2.45, 2.75) is 96.2 Å². The van der Waals surface area contributed by atoms with Crippen molar-refractivity contribution < 1.29 is 29.6 Å². The Kier molecular flexibility index (Phi) is 12.5. The summed E-state index contributed by atoms with van der Waals surface area (Å²) in [6.45, 7) is 1.99. The molecular weight excluding hydrogens is 428 g/mol. The second-order valence-electron chi connectivity index (χ2n) is 8.96. The summed E-state index contributed by atoms with van der Waals surface area (Å²) in [7, 11) is 0. The number of unbranched alkanes of at least 4 members (excludes halogenated alkanes) is 4. The maximum absolute atomic E-state index is 12.3. The van der Waals surface area contributed by atoms with Crippen LogP contribution >= 0.6 is 11.3 Å². The molecule has 1 aromatic rings. The van der Waals surface area contributed by atoms with Crippen molar-refractivity contribution in [3.63, 3.8) is 0 Å². The molecule has 0 unspecified atom stereocenters. The van der Waals surface area contributed by atoms with Crippen LogP contribution < -0.4 is 0 Å². The molecule has 0 aliphatic heterocycles. The highest BCUT2D eigenvalue weighted by atomic mass is 32.1. The highest BCUT2D eigenvalue weighted by molar-refractivity contribution is 7.13. The standard InChI is InChI=1S/C25H40O6S/c1-2-3-4-5-6-8-18(27)11-13-21-20(22(28)17-23(21)29)10-7-9-19-12-14-24(32-19)25(30)31-16-15-26/h12,14,20-23,26,28-29H,2-11,13,15-17H2,1H3/t20-,21-,22+,23-/m1/s1. The van der Waals surface area contributed by atoms with Gasteiger partial charge in [0.15, 0.2) is 0 Å². The number of aliphatic hydroxyl groups excluding tert-OH is 3. The highest BCUT2D eigenvalue weighted by Crippen LogP contribution is 2.39. The van der Waals surface area contributed by atoms with Crippen molar-refractivity contribution >= 4 is 23.1 Å². The van der Waals surface area contributed by atoms with Gasteiger partial charge in [-0.15, -0.1) is 11.3 Å². The van der Waals surface area contributed by atoms with Crippen LogP contribution in [0.25, 0.3) is 0 Å². The molecule has 7 heteroatoms. The molecule has 0 bridgehead atoms. The Hall–Kier alpha value is -1.28. The van der Waals surface area contributed by atoms with Gasteiger partial charge in [0.1, 0.15) is 17.3 Å². The zero-order valence-electron chi connectivity index (χ0n) is 19.3. The summed E-state index contributed by atoms with van der Waals surface area (Å²) in [5.74, 6) is -0.162. The largest absolute Gasteiger partial charge is 0.459 e. The molecule has 1 aliphatic rings. The maximum Gasteiger partial charge on any atom is 0.348 e. The topological polar surface area (TPSA) is 104 Å². The van der Waals surface area contributed by atoms with E-state index in [0.717, 1.165) is 37.0 Å². The summed E-state index contributed by atoms with van der Waals surface area (Å²) >= 11 is 1.39. The molecule has 0 radical (unpaired) electrons. The van der Waals surface area contributed by atoms with Crippen LogP contribution in [0.3, 0.4) is 0 Å². The third-order valence-electron chi connectivity index (χ3n) is 6.48. The maximum atomic E-state index is 12.3. The Labute approximate surface area is 196 Å². The van der Waals surface area contributed by atoms with E-state index in [1.807, 2.05) is 6.07 Å². The number of carbonyl (C=O) groups excluding carboxylic acids is 2. The first-order chi connectivity index (χ1) is 15.5. The number of Topliss-reactive ketones (excluding diaryl/α,β-unsaturated/α-hetero) is 1. The van der Waals surface area contributed by atoms with Crippen LogP contribution in [0.1, 0.15) is 92.1 Å². The lowest BCUT2D eigenvalue weighted by Crippen LogP contribution is -2.23. The van der Waals surface area contributed by atoms with E-state index in [1.165, 1.54) is 30.6 Å². The Morgan fingerprint density at radius 3 is 2.44 bits per heavy atom. The fourth-order valence-electron chi connectivity index (χ4n) is 4.70. The summed E-state index contributed by atoms with van der Waals surface area (Å²) in [6.07, 6.45) is 9.19. The molecule has 3 N–H and O–H groups in total.